The Balaban J connectivity index is 2.46. The van der Waals surface area contributed by atoms with Gasteiger partial charge < -0.3 is 0 Å². The SMILES string of the molecule is CCCCSc1cccc(CC)c1. The third-order valence-electron chi connectivity index (χ3n) is 2.07. The van der Waals surface area contributed by atoms with Crippen molar-refractivity contribution in [3.05, 3.63) is 29.8 Å². The summed E-state index contributed by atoms with van der Waals surface area (Å²) in [5, 5.41) is 0. The molecule has 1 aromatic carbocycles. The van der Waals surface area contributed by atoms with Crippen LogP contribution in [-0.4, -0.2) is 5.75 Å². The highest BCUT2D eigenvalue weighted by Gasteiger charge is 1.94. The quantitative estimate of drug-likeness (QED) is 0.501. The van der Waals surface area contributed by atoms with Crippen molar-refractivity contribution < 1.29 is 0 Å². The first-order valence-electron chi connectivity index (χ1n) is 5.08. The summed E-state index contributed by atoms with van der Waals surface area (Å²) >= 11 is 1.97. The van der Waals surface area contributed by atoms with E-state index in [9.17, 15) is 0 Å². The molecule has 0 atom stereocenters. The van der Waals surface area contributed by atoms with Crippen LogP contribution in [0, 0.1) is 0 Å². The van der Waals surface area contributed by atoms with E-state index >= 15 is 0 Å². The van der Waals surface area contributed by atoms with Crippen molar-refractivity contribution in [2.24, 2.45) is 0 Å². The minimum atomic E-state index is 1.14. The fourth-order valence-electron chi connectivity index (χ4n) is 1.19. The van der Waals surface area contributed by atoms with E-state index in [0.717, 1.165) is 6.42 Å². The van der Waals surface area contributed by atoms with Gasteiger partial charge in [-0.05, 0) is 36.3 Å². The Labute approximate surface area is 85.7 Å². The molecular weight excluding hydrogens is 176 g/mol. The van der Waals surface area contributed by atoms with Crippen LogP contribution in [0.2, 0.25) is 0 Å². The van der Waals surface area contributed by atoms with E-state index in [0.29, 0.717) is 0 Å². The van der Waals surface area contributed by atoms with Crippen LogP contribution >= 0.6 is 11.8 Å². The van der Waals surface area contributed by atoms with Crippen LogP contribution < -0.4 is 0 Å². The van der Waals surface area contributed by atoms with Gasteiger partial charge in [-0.1, -0.05) is 32.4 Å². The van der Waals surface area contributed by atoms with Gasteiger partial charge in [-0.15, -0.1) is 11.8 Å². The standard InChI is InChI=1S/C12H18S/c1-3-5-9-13-12-8-6-7-11(4-2)10-12/h6-8,10H,3-5,9H2,1-2H3. The predicted molar refractivity (Wildman–Crippen MR) is 61.5 cm³/mol. The summed E-state index contributed by atoms with van der Waals surface area (Å²) in [5.41, 5.74) is 1.45. The van der Waals surface area contributed by atoms with Crippen LogP contribution in [0.3, 0.4) is 0 Å². The lowest BCUT2D eigenvalue weighted by atomic mass is 10.2. The topological polar surface area (TPSA) is 0 Å². The Morgan fingerprint density at radius 2 is 2.08 bits per heavy atom. The third-order valence-corrected chi connectivity index (χ3v) is 3.15. The Hall–Kier alpha value is -0.430. The molecule has 1 heteroatoms. The number of aryl methyl sites for hydroxylation is 1. The first kappa shape index (κ1) is 10.6. The minimum absolute atomic E-state index is 1.14. The summed E-state index contributed by atoms with van der Waals surface area (Å²) in [6, 6.07) is 8.87. The minimum Gasteiger partial charge on any atom is -0.126 e. The van der Waals surface area contributed by atoms with E-state index in [1.807, 2.05) is 11.8 Å². The molecule has 0 heterocycles. The van der Waals surface area contributed by atoms with Crippen molar-refractivity contribution >= 4 is 11.8 Å². The molecule has 0 aliphatic heterocycles. The van der Waals surface area contributed by atoms with Crippen LogP contribution in [0.4, 0.5) is 0 Å². The molecule has 0 N–H and O–H groups in total. The molecule has 0 saturated carbocycles. The summed E-state index contributed by atoms with van der Waals surface area (Å²) in [6.45, 7) is 4.44. The van der Waals surface area contributed by atoms with E-state index < -0.39 is 0 Å². The lowest BCUT2D eigenvalue weighted by Crippen LogP contribution is -1.82. The Morgan fingerprint density at radius 1 is 1.23 bits per heavy atom. The molecule has 0 aliphatic carbocycles. The predicted octanol–water partition coefficient (Wildman–Crippen LogP) is 4.14. The van der Waals surface area contributed by atoms with Crippen LogP contribution in [0.25, 0.3) is 0 Å². The van der Waals surface area contributed by atoms with Crippen molar-refractivity contribution in [2.45, 2.75) is 38.0 Å². The fraction of sp³-hybridized carbons (Fsp3) is 0.500. The van der Waals surface area contributed by atoms with Gasteiger partial charge in [0.05, 0.1) is 0 Å². The molecule has 0 spiro atoms. The second kappa shape index (κ2) is 6.09. The van der Waals surface area contributed by atoms with Gasteiger partial charge in [-0.3, -0.25) is 0 Å². The van der Waals surface area contributed by atoms with Gasteiger partial charge in [0.1, 0.15) is 0 Å². The summed E-state index contributed by atoms with van der Waals surface area (Å²) in [4.78, 5) is 1.42. The molecule has 0 unspecified atom stereocenters. The number of hydrogen-bond donors (Lipinski definition) is 0. The lowest BCUT2D eigenvalue weighted by Gasteiger charge is -2.02. The molecule has 0 nitrogen and oxygen atoms in total. The number of rotatable bonds is 5. The molecule has 0 aliphatic rings. The van der Waals surface area contributed by atoms with E-state index in [1.165, 1.54) is 29.1 Å². The van der Waals surface area contributed by atoms with Gasteiger partial charge in [0.15, 0.2) is 0 Å². The normalized spacial score (nSPS) is 10.3. The smallest absolute Gasteiger partial charge is 0.00746 e. The van der Waals surface area contributed by atoms with Crippen molar-refractivity contribution in [1.82, 2.24) is 0 Å². The monoisotopic (exact) mass is 194 g/mol. The molecule has 0 fully saturated rings. The first-order chi connectivity index (χ1) is 6.36. The van der Waals surface area contributed by atoms with E-state index in [-0.39, 0.29) is 0 Å². The van der Waals surface area contributed by atoms with Gasteiger partial charge in [0, 0.05) is 4.90 Å². The molecule has 1 rings (SSSR count). The van der Waals surface area contributed by atoms with Gasteiger partial charge in [0.25, 0.3) is 0 Å². The molecule has 1 aromatic rings. The second-order valence-corrected chi connectivity index (χ2v) is 4.37. The molecule has 72 valence electrons. The zero-order valence-corrected chi connectivity index (χ0v) is 9.36. The average Bonchev–Trinajstić information content (AvgIpc) is 2.19. The van der Waals surface area contributed by atoms with Crippen molar-refractivity contribution in [3.63, 3.8) is 0 Å². The largest absolute Gasteiger partial charge is 0.126 e. The summed E-state index contributed by atoms with van der Waals surface area (Å²) in [5.74, 6) is 1.25. The van der Waals surface area contributed by atoms with Crippen molar-refractivity contribution in [3.8, 4) is 0 Å². The van der Waals surface area contributed by atoms with Crippen LogP contribution in [-0.2, 0) is 6.42 Å². The maximum absolute atomic E-state index is 2.31. The Morgan fingerprint density at radius 3 is 2.77 bits per heavy atom. The number of hydrogen-bond acceptors (Lipinski definition) is 1. The Kier molecular flexibility index (Phi) is 4.99. The summed E-state index contributed by atoms with van der Waals surface area (Å²) < 4.78 is 0. The zero-order chi connectivity index (χ0) is 9.52. The maximum Gasteiger partial charge on any atom is 0.00746 e. The van der Waals surface area contributed by atoms with E-state index in [4.69, 9.17) is 0 Å². The van der Waals surface area contributed by atoms with Gasteiger partial charge in [-0.25, -0.2) is 0 Å². The first-order valence-corrected chi connectivity index (χ1v) is 6.07. The van der Waals surface area contributed by atoms with Gasteiger partial charge in [-0.2, -0.15) is 0 Å². The van der Waals surface area contributed by atoms with Crippen LogP contribution in [0.5, 0.6) is 0 Å². The molecular formula is C12H18S. The van der Waals surface area contributed by atoms with Gasteiger partial charge >= 0.3 is 0 Å². The molecule has 0 bridgehead atoms. The second-order valence-electron chi connectivity index (χ2n) is 3.20. The highest BCUT2D eigenvalue weighted by atomic mass is 32.2. The van der Waals surface area contributed by atoms with Crippen molar-refractivity contribution in [2.75, 3.05) is 5.75 Å². The van der Waals surface area contributed by atoms with Crippen LogP contribution in [0.15, 0.2) is 29.2 Å². The molecule has 0 radical (unpaired) electrons. The average molecular weight is 194 g/mol. The summed E-state index contributed by atoms with van der Waals surface area (Å²) in [6.07, 6.45) is 3.75. The molecule has 0 aromatic heterocycles. The zero-order valence-electron chi connectivity index (χ0n) is 8.55. The maximum atomic E-state index is 2.31. The third kappa shape index (κ3) is 3.86. The highest BCUT2D eigenvalue weighted by molar-refractivity contribution is 7.99. The highest BCUT2D eigenvalue weighted by Crippen LogP contribution is 2.20. The van der Waals surface area contributed by atoms with Crippen molar-refractivity contribution in [1.29, 1.82) is 0 Å². The number of unbranched alkanes of at least 4 members (excludes halogenated alkanes) is 1. The summed E-state index contributed by atoms with van der Waals surface area (Å²) in [7, 11) is 0. The van der Waals surface area contributed by atoms with Crippen LogP contribution in [0.1, 0.15) is 32.3 Å². The Bertz CT molecular complexity index is 243. The number of benzene rings is 1. The van der Waals surface area contributed by atoms with E-state index in [1.54, 1.807) is 0 Å². The number of thioether (sulfide) groups is 1. The molecule has 13 heavy (non-hydrogen) atoms. The fourth-order valence-corrected chi connectivity index (χ4v) is 2.27. The van der Waals surface area contributed by atoms with E-state index in [2.05, 4.69) is 38.1 Å². The molecule has 0 saturated heterocycles. The molecule has 0 amide bonds. The van der Waals surface area contributed by atoms with Gasteiger partial charge in [0.2, 0.25) is 0 Å². The lowest BCUT2D eigenvalue weighted by molar-refractivity contribution is 0.896.